The number of nitrogens with zero attached hydrogens (tertiary/aromatic N) is 9. The summed E-state index contributed by atoms with van der Waals surface area (Å²) in [6.45, 7) is 9.86. The summed E-state index contributed by atoms with van der Waals surface area (Å²) in [6.07, 6.45) is 0. The Balaban J connectivity index is 0.000000162. The zero-order valence-corrected chi connectivity index (χ0v) is 76.2. The minimum absolute atomic E-state index is 0.373. The number of aromatic nitrogens is 7. The van der Waals surface area contributed by atoms with Crippen molar-refractivity contribution in [2.45, 2.75) is 0 Å². The van der Waals surface area contributed by atoms with Gasteiger partial charge in [0.15, 0.2) is 0 Å². The molecule has 0 amide bonds. The molecule has 23 nitrogen and oxygen atoms in total. The van der Waals surface area contributed by atoms with E-state index in [-0.39, 0.29) is 0 Å². The van der Waals surface area contributed by atoms with Crippen molar-refractivity contribution in [3.63, 3.8) is 0 Å². The van der Waals surface area contributed by atoms with Gasteiger partial charge >= 0.3 is 0 Å². The average Bonchev–Trinajstić information content (AvgIpc) is 1.55. The summed E-state index contributed by atoms with van der Waals surface area (Å²) in [4.78, 5) is 4.82. The van der Waals surface area contributed by atoms with E-state index >= 15 is 0 Å². The Morgan fingerprint density at radius 2 is 0.341 bits per heavy atom. The van der Waals surface area contributed by atoms with Crippen molar-refractivity contribution in [1.82, 2.24) is 32.0 Å². The van der Waals surface area contributed by atoms with Gasteiger partial charge in [0.2, 0.25) is 5.69 Å². The first-order valence-electron chi connectivity index (χ1n) is 43.5. The zero-order valence-electron chi connectivity index (χ0n) is 76.2. The van der Waals surface area contributed by atoms with Gasteiger partial charge in [-0.15, -0.1) is 0 Å². The Morgan fingerprint density at radius 1 is 0.193 bits per heavy atom. The van der Waals surface area contributed by atoms with E-state index in [9.17, 15) is 11.8 Å². The maximum absolute atomic E-state index is 11.5. The summed E-state index contributed by atoms with van der Waals surface area (Å²) in [7, 11) is 23.4. The van der Waals surface area contributed by atoms with Crippen LogP contribution in [-0.4, -0.2) is 132 Å². The third kappa shape index (κ3) is 12.8. The van der Waals surface area contributed by atoms with E-state index in [1.165, 1.54) is 0 Å². The molecule has 135 heavy (non-hydrogen) atoms. The van der Waals surface area contributed by atoms with E-state index in [0.717, 1.165) is 204 Å². The summed E-state index contributed by atoms with van der Waals surface area (Å²) in [5.74, 6) is 9.96. The third-order valence-electron chi connectivity index (χ3n) is 26.4. The molecule has 0 saturated heterocycles. The van der Waals surface area contributed by atoms with E-state index in [1.807, 2.05) is 158 Å². The average molecular weight is 1780 g/mol. The van der Waals surface area contributed by atoms with E-state index in [1.54, 1.807) is 99.5 Å². The first-order chi connectivity index (χ1) is 66.2. The van der Waals surface area contributed by atoms with Gasteiger partial charge in [0, 0.05) is 75.4 Å². The number of ether oxygens (including phenoxy) is 14. The highest BCUT2D eigenvalue weighted by molar-refractivity contribution is 6.19. The molecule has 16 aromatic carbocycles. The lowest BCUT2D eigenvalue weighted by molar-refractivity contribution is 0.415. The summed E-state index contributed by atoms with van der Waals surface area (Å²) >= 11 is 0. The van der Waals surface area contributed by atoms with Gasteiger partial charge in [-0.1, -0.05) is 0 Å². The van der Waals surface area contributed by atoms with Crippen molar-refractivity contribution in [3.05, 3.63) is 290 Å². The Kier molecular flexibility index (Phi) is 20.1. The molecule has 0 unspecified atom stereocenters. The van der Waals surface area contributed by atoms with Gasteiger partial charge in [0.1, 0.15) is 92.1 Å². The van der Waals surface area contributed by atoms with Gasteiger partial charge in [-0.25, -0.2) is 4.85 Å². The van der Waals surface area contributed by atoms with Gasteiger partial charge in [-0.2, -0.15) is 5.26 Å². The molecule has 0 N–H and O–H groups in total. The fourth-order valence-corrected chi connectivity index (χ4v) is 20.1. The molecule has 23 heteroatoms. The maximum Gasteiger partial charge on any atom is 0.238 e. The highest BCUT2D eigenvalue weighted by Gasteiger charge is 2.34. The highest BCUT2D eigenvalue weighted by Crippen LogP contribution is 2.54. The van der Waals surface area contributed by atoms with Crippen molar-refractivity contribution < 1.29 is 66.3 Å². The van der Waals surface area contributed by atoms with Crippen LogP contribution in [0.4, 0.5) is 5.69 Å². The Morgan fingerprint density at radius 3 is 0.489 bits per heavy atom. The third-order valence-corrected chi connectivity index (χ3v) is 26.4. The molecular weight excluding hydrogens is 1700 g/mol. The second-order valence-corrected chi connectivity index (χ2v) is 32.8. The molecule has 7 heterocycles. The van der Waals surface area contributed by atoms with Gasteiger partial charge in [0.25, 0.3) is 0 Å². The lowest BCUT2D eigenvalue weighted by atomic mass is 10.1. The fourth-order valence-electron chi connectivity index (χ4n) is 20.1. The molecule has 0 fully saturated rings. The minimum atomic E-state index is 0.373. The van der Waals surface area contributed by atoms with Crippen LogP contribution in [0.25, 0.3) is 197 Å². The molecule has 0 aliphatic heterocycles. The number of benzene rings is 16. The molecule has 0 saturated carbocycles. The normalized spacial score (nSPS) is 11.6. The predicted octanol–water partition coefficient (Wildman–Crippen LogP) is 25.6. The van der Waals surface area contributed by atoms with Gasteiger partial charge < -0.3 is 98.3 Å². The minimum Gasteiger partial charge on any atom is -0.497 e. The van der Waals surface area contributed by atoms with E-state index in [0.29, 0.717) is 80.0 Å². The monoisotopic (exact) mass is 1780 g/mol. The summed E-state index contributed by atoms with van der Waals surface area (Å²) in [6, 6.07) is 94.4. The number of hydrogen-bond donors (Lipinski definition) is 0. The molecule has 23 aromatic rings. The summed E-state index contributed by atoms with van der Waals surface area (Å²) in [5, 5.41) is 24.7. The van der Waals surface area contributed by atoms with Crippen LogP contribution in [0.3, 0.4) is 0 Å². The van der Waals surface area contributed by atoms with Crippen LogP contribution in [0.2, 0.25) is 0 Å². The van der Waals surface area contributed by atoms with Gasteiger partial charge in [0.05, 0.1) is 223 Å². The number of rotatable bonds is 21. The van der Waals surface area contributed by atoms with Crippen molar-refractivity contribution in [2.24, 2.45) is 0 Å². The van der Waals surface area contributed by atoms with E-state index < -0.39 is 0 Å². The standard InChI is InChI=1S/C63H49N5O8.C49H38N4O6/c1-64-61-62(67-55-22-14-39(73-6)30-47(55)48-31-40(74-7)15-23-56(48)67)59(65-51-18-10-35(69-2)26-43(51)44-27-36(70-3)11-19-52(44)65)34-60(66-53-20-12-37(71-4)28-45(53)46-29-38(72-5)13-21-54(46)66)63(61)68-57-24-16-41(75-8)32-49(57)50-33-42(76-9)17-25-58(50)68;1-54-29-7-13-42-35(21-29)36-22-30(55-2)8-14-43(36)51(42)28-19-48(52-44-15-9-31(56-3)23-37(44)38-24-32(57-4)10-16-45(38)52)41(27-50)49(20-28)53-46-17-11-33(58-5)25-39(46)40-26-34(59-6)12-18-47(40)53/h10-34H,2-9H3;7-26H,1-6H3. The van der Waals surface area contributed by atoms with Crippen LogP contribution in [0.1, 0.15) is 5.56 Å². The fraction of sp³-hybridized carbons (Fsp3) is 0.125. The molecule has 0 atom stereocenters. The topological polar surface area (TPSA) is 192 Å². The van der Waals surface area contributed by atoms with Gasteiger partial charge in [-0.3, -0.25) is 0 Å². The van der Waals surface area contributed by atoms with Crippen LogP contribution < -0.4 is 66.3 Å². The molecule has 0 spiro atoms. The quantitative estimate of drug-likeness (QED) is 0.0617. The van der Waals surface area contributed by atoms with Crippen LogP contribution in [0.5, 0.6) is 80.5 Å². The highest BCUT2D eigenvalue weighted by atomic mass is 16.5. The van der Waals surface area contributed by atoms with Gasteiger partial charge in [-0.05, 0) is 273 Å². The van der Waals surface area contributed by atoms with Crippen molar-refractivity contribution in [3.8, 4) is 126 Å². The number of nitriles is 1. The van der Waals surface area contributed by atoms with Crippen molar-refractivity contribution in [2.75, 3.05) is 99.5 Å². The first-order valence-corrected chi connectivity index (χ1v) is 43.5. The van der Waals surface area contributed by atoms with E-state index in [2.05, 4.69) is 153 Å². The van der Waals surface area contributed by atoms with Crippen molar-refractivity contribution in [1.29, 1.82) is 5.26 Å². The molecule has 7 aromatic heterocycles. The molecule has 0 bridgehead atoms. The Labute approximate surface area is 773 Å². The van der Waals surface area contributed by atoms with Crippen LogP contribution in [-0.2, 0) is 0 Å². The molecule has 664 valence electrons. The van der Waals surface area contributed by atoms with Crippen LogP contribution in [0.15, 0.2) is 273 Å². The maximum atomic E-state index is 11.5. The van der Waals surface area contributed by atoms with Crippen LogP contribution in [0, 0.1) is 17.9 Å². The second-order valence-electron chi connectivity index (χ2n) is 32.8. The number of methoxy groups -OCH3 is 14. The second kappa shape index (κ2) is 32.7. The first kappa shape index (κ1) is 82.9. The molecular formula is C112H87N9O14. The smallest absolute Gasteiger partial charge is 0.238 e. The molecule has 0 aliphatic rings. The van der Waals surface area contributed by atoms with Crippen LogP contribution >= 0.6 is 0 Å². The molecule has 0 aliphatic carbocycles. The SMILES string of the molecule is COc1ccc2c(c1)c1cc(OC)ccc1n2-c1cc(-n2c3ccc(OC)cc3c3cc(OC)ccc32)c(C#N)c(-n2c3ccc(OC)cc3c3cc(OC)ccc32)c1.[C-]#[N+]c1c(-n2c3ccc(OC)cc3c3cc(OC)ccc32)c(-n2c3ccc(OC)cc3c3cc(OC)ccc32)cc(-n2c3ccc(OC)cc3c3cc(OC)ccc32)c1-n1c2ccc(OC)cc2c2cc(OC)ccc21. The molecule has 23 rings (SSSR count). The molecule has 0 radical (unpaired) electrons. The predicted molar refractivity (Wildman–Crippen MR) is 536 cm³/mol. The lowest BCUT2D eigenvalue weighted by Crippen LogP contribution is -2.11. The number of hydrogen-bond acceptors (Lipinski definition) is 15. The summed E-state index contributed by atoms with van der Waals surface area (Å²) in [5.41, 5.74) is 18.3. The largest absolute Gasteiger partial charge is 0.497 e. The Hall–Kier alpha value is -17.7. The lowest BCUT2D eigenvalue weighted by Gasteiger charge is -2.25. The summed E-state index contributed by atoms with van der Waals surface area (Å²) < 4.78 is 97.0. The number of fused-ring (bicyclic) bond motifs is 21. The Bertz CT molecular complexity index is 8160. The van der Waals surface area contributed by atoms with Crippen molar-refractivity contribution >= 4 is 158 Å². The zero-order chi connectivity index (χ0) is 92.6. The van der Waals surface area contributed by atoms with E-state index in [4.69, 9.17) is 71.2 Å².